The summed E-state index contributed by atoms with van der Waals surface area (Å²) in [6.07, 6.45) is 0.238. The molecule has 0 spiro atoms. The maximum absolute atomic E-state index is 11.2. The predicted molar refractivity (Wildman–Crippen MR) is 64.4 cm³/mol. The molecule has 0 saturated heterocycles. The molecular weight excluding hydrogens is 236 g/mol. The summed E-state index contributed by atoms with van der Waals surface area (Å²) in [5, 5.41) is 19.1. The third-order valence-corrected chi connectivity index (χ3v) is 2.48. The fraction of sp³-hybridized carbons (Fsp3) is 0.636. The number of aromatic nitrogens is 3. The number of aromatic carboxylic acids is 1. The Morgan fingerprint density at radius 2 is 2.00 bits per heavy atom. The van der Waals surface area contributed by atoms with E-state index in [1.165, 1.54) is 4.68 Å². The number of amides is 1. The Balaban J connectivity index is 3.06. The Hall–Kier alpha value is -1.92. The Morgan fingerprint density at radius 1 is 1.39 bits per heavy atom. The first-order chi connectivity index (χ1) is 8.27. The molecule has 0 fully saturated rings. The van der Waals surface area contributed by atoms with Gasteiger partial charge in [0.05, 0.1) is 12.2 Å². The van der Waals surface area contributed by atoms with Gasteiger partial charge in [-0.2, -0.15) is 0 Å². The van der Waals surface area contributed by atoms with Crippen molar-refractivity contribution in [2.24, 2.45) is 0 Å². The van der Waals surface area contributed by atoms with Crippen molar-refractivity contribution in [1.82, 2.24) is 20.3 Å². The molecule has 1 amide bonds. The third-order valence-electron chi connectivity index (χ3n) is 2.48. The molecule has 1 heterocycles. The number of carbonyl (C=O) groups is 2. The van der Waals surface area contributed by atoms with Gasteiger partial charge in [0, 0.05) is 18.9 Å². The minimum absolute atomic E-state index is 0.0561. The highest BCUT2D eigenvalue weighted by molar-refractivity contribution is 5.86. The third kappa shape index (κ3) is 3.06. The number of carboxylic acid groups (broad SMARTS) is 1. The molecule has 0 radical (unpaired) electrons. The summed E-state index contributed by atoms with van der Waals surface area (Å²) in [4.78, 5) is 22.3. The van der Waals surface area contributed by atoms with Crippen LogP contribution < -0.4 is 5.32 Å². The van der Waals surface area contributed by atoms with Crippen LogP contribution in [0.15, 0.2) is 0 Å². The first-order valence-corrected chi connectivity index (χ1v) is 5.65. The normalized spacial score (nSPS) is 11.3. The first kappa shape index (κ1) is 14.1. The van der Waals surface area contributed by atoms with Crippen LogP contribution in [0.25, 0.3) is 0 Å². The Morgan fingerprint density at radius 3 is 2.44 bits per heavy atom. The maximum atomic E-state index is 11.2. The van der Waals surface area contributed by atoms with Crippen LogP contribution in [0.5, 0.6) is 0 Å². The lowest BCUT2D eigenvalue weighted by Crippen LogP contribution is -2.24. The molecule has 7 nitrogen and oxygen atoms in total. The lowest BCUT2D eigenvalue weighted by atomic mass is 9.90. The molecule has 0 aromatic carbocycles. The number of carboxylic acids is 1. The fourth-order valence-electron chi connectivity index (χ4n) is 1.69. The first-order valence-electron chi connectivity index (χ1n) is 5.65. The second kappa shape index (κ2) is 5.16. The molecule has 1 aromatic heterocycles. The van der Waals surface area contributed by atoms with Crippen LogP contribution >= 0.6 is 0 Å². The number of aryl methyl sites for hydroxylation is 1. The monoisotopic (exact) mass is 254 g/mol. The second-order valence-electron chi connectivity index (χ2n) is 4.99. The lowest BCUT2D eigenvalue weighted by molar-refractivity contribution is -0.120. The number of nitrogens with zero attached hydrogens (tertiary/aromatic N) is 3. The zero-order valence-corrected chi connectivity index (χ0v) is 11.0. The van der Waals surface area contributed by atoms with Crippen molar-refractivity contribution in [3.8, 4) is 0 Å². The van der Waals surface area contributed by atoms with Crippen LogP contribution in [0.3, 0.4) is 0 Å². The Labute approximate surface area is 105 Å². The molecule has 100 valence electrons. The van der Waals surface area contributed by atoms with Crippen molar-refractivity contribution >= 4 is 11.9 Å². The Kier molecular flexibility index (Phi) is 4.05. The van der Waals surface area contributed by atoms with Gasteiger partial charge < -0.3 is 10.4 Å². The highest BCUT2D eigenvalue weighted by Crippen LogP contribution is 2.24. The minimum atomic E-state index is -1.11. The van der Waals surface area contributed by atoms with E-state index in [2.05, 4.69) is 15.6 Å². The molecule has 0 aliphatic rings. The standard InChI is InChI=1S/C11H18N4O3/c1-11(2,3)9-8(10(17)18)13-14-15(9)6-5-7(16)12-4/h5-6H2,1-4H3,(H,12,16)(H,17,18). The SMILES string of the molecule is CNC(=O)CCn1nnc(C(=O)O)c1C(C)(C)C. The van der Waals surface area contributed by atoms with Crippen LogP contribution in [-0.4, -0.2) is 39.0 Å². The molecule has 7 heteroatoms. The summed E-state index contributed by atoms with van der Waals surface area (Å²) in [7, 11) is 1.55. The molecule has 0 saturated carbocycles. The van der Waals surface area contributed by atoms with Crippen molar-refractivity contribution < 1.29 is 14.7 Å². The van der Waals surface area contributed by atoms with Gasteiger partial charge in [-0.3, -0.25) is 4.79 Å². The van der Waals surface area contributed by atoms with E-state index in [0.29, 0.717) is 12.2 Å². The van der Waals surface area contributed by atoms with Crippen LogP contribution in [0.4, 0.5) is 0 Å². The summed E-state index contributed by atoms with van der Waals surface area (Å²) in [5.41, 5.74) is 0.0678. The van der Waals surface area contributed by atoms with Crippen molar-refractivity contribution in [2.45, 2.75) is 39.2 Å². The predicted octanol–water partition coefficient (Wildman–Crippen LogP) is 0.410. The van der Waals surface area contributed by atoms with Gasteiger partial charge in [-0.25, -0.2) is 9.48 Å². The summed E-state index contributed by atoms with van der Waals surface area (Å²) in [6, 6.07) is 0. The van der Waals surface area contributed by atoms with Crippen LogP contribution in [0, 0.1) is 0 Å². The zero-order chi connectivity index (χ0) is 13.9. The van der Waals surface area contributed by atoms with Crippen molar-refractivity contribution in [3.05, 3.63) is 11.4 Å². The topological polar surface area (TPSA) is 97.1 Å². The van der Waals surface area contributed by atoms with E-state index in [1.54, 1.807) is 7.05 Å². The van der Waals surface area contributed by atoms with Gasteiger partial charge in [0.15, 0.2) is 5.69 Å². The molecule has 18 heavy (non-hydrogen) atoms. The minimum Gasteiger partial charge on any atom is -0.476 e. The molecule has 1 aromatic rings. The molecule has 1 rings (SSSR count). The largest absolute Gasteiger partial charge is 0.476 e. The number of hydrogen-bond acceptors (Lipinski definition) is 4. The van der Waals surface area contributed by atoms with Crippen molar-refractivity contribution in [1.29, 1.82) is 0 Å². The van der Waals surface area contributed by atoms with E-state index in [4.69, 9.17) is 5.11 Å². The van der Waals surface area contributed by atoms with Gasteiger partial charge in [0.2, 0.25) is 5.91 Å². The molecule has 0 bridgehead atoms. The molecule has 2 N–H and O–H groups in total. The highest BCUT2D eigenvalue weighted by atomic mass is 16.4. The van der Waals surface area contributed by atoms with E-state index in [1.807, 2.05) is 20.8 Å². The summed E-state index contributed by atoms with van der Waals surface area (Å²) in [6.45, 7) is 5.96. The van der Waals surface area contributed by atoms with Crippen LogP contribution in [0.2, 0.25) is 0 Å². The zero-order valence-electron chi connectivity index (χ0n) is 11.0. The maximum Gasteiger partial charge on any atom is 0.358 e. The molecule has 0 aliphatic heterocycles. The molecular formula is C11H18N4O3. The van der Waals surface area contributed by atoms with Crippen molar-refractivity contribution in [2.75, 3.05) is 7.05 Å². The van der Waals surface area contributed by atoms with Crippen LogP contribution in [-0.2, 0) is 16.8 Å². The molecule has 0 unspecified atom stereocenters. The van der Waals surface area contributed by atoms with Gasteiger partial charge in [-0.05, 0) is 0 Å². The highest BCUT2D eigenvalue weighted by Gasteiger charge is 2.28. The fourth-order valence-corrected chi connectivity index (χ4v) is 1.69. The van der Waals surface area contributed by atoms with Gasteiger partial charge in [0.25, 0.3) is 0 Å². The van der Waals surface area contributed by atoms with Gasteiger partial charge in [-0.1, -0.05) is 26.0 Å². The van der Waals surface area contributed by atoms with E-state index in [0.717, 1.165) is 0 Å². The average Bonchev–Trinajstić information content (AvgIpc) is 2.69. The van der Waals surface area contributed by atoms with Crippen molar-refractivity contribution in [3.63, 3.8) is 0 Å². The van der Waals surface area contributed by atoms with E-state index in [-0.39, 0.29) is 18.0 Å². The summed E-state index contributed by atoms with van der Waals surface area (Å²) >= 11 is 0. The molecule has 0 aliphatic carbocycles. The van der Waals surface area contributed by atoms with Crippen LogP contribution in [0.1, 0.15) is 43.4 Å². The number of nitrogens with one attached hydrogen (secondary N) is 1. The van der Waals surface area contributed by atoms with E-state index >= 15 is 0 Å². The lowest BCUT2D eigenvalue weighted by Gasteiger charge is -2.20. The van der Waals surface area contributed by atoms with Gasteiger partial charge in [-0.15, -0.1) is 5.10 Å². The number of rotatable bonds is 4. The number of hydrogen-bond donors (Lipinski definition) is 2. The average molecular weight is 254 g/mol. The smallest absolute Gasteiger partial charge is 0.358 e. The summed E-state index contributed by atoms with van der Waals surface area (Å²) in [5.74, 6) is -1.23. The van der Waals surface area contributed by atoms with Gasteiger partial charge in [0.1, 0.15) is 0 Å². The van der Waals surface area contributed by atoms with Gasteiger partial charge >= 0.3 is 5.97 Å². The number of carbonyl (C=O) groups excluding carboxylic acids is 1. The quantitative estimate of drug-likeness (QED) is 0.811. The summed E-state index contributed by atoms with van der Waals surface area (Å²) < 4.78 is 1.48. The Bertz CT molecular complexity index is 459. The van der Waals surface area contributed by atoms with E-state index < -0.39 is 11.4 Å². The molecule has 0 atom stereocenters. The second-order valence-corrected chi connectivity index (χ2v) is 4.99. The van der Waals surface area contributed by atoms with E-state index in [9.17, 15) is 9.59 Å².